The molecule has 1 atom stereocenters. The number of imidazole rings is 1. The fourth-order valence-corrected chi connectivity index (χ4v) is 3.26. The average molecular weight is 255 g/mol. The summed E-state index contributed by atoms with van der Waals surface area (Å²) in [6.07, 6.45) is 4.04. The number of hydrogen-bond acceptors (Lipinski definition) is 2. The quantitative estimate of drug-likeness (QED) is 0.851. The van der Waals surface area contributed by atoms with Gasteiger partial charge >= 0.3 is 0 Å². The third kappa shape index (κ3) is 2.08. The number of aryl methyl sites for hydroxylation is 3. The van der Waals surface area contributed by atoms with Crippen LogP contribution in [-0.4, -0.2) is 15.6 Å². The molecular formula is C16H21N3. The lowest BCUT2D eigenvalue weighted by Crippen LogP contribution is -2.31. The molecule has 1 aromatic heterocycles. The van der Waals surface area contributed by atoms with E-state index in [4.69, 9.17) is 5.73 Å². The molecular weight excluding hydrogens is 234 g/mol. The third-order valence-corrected chi connectivity index (χ3v) is 4.04. The first-order chi connectivity index (χ1) is 9.06. The van der Waals surface area contributed by atoms with E-state index in [0.717, 1.165) is 25.1 Å². The lowest BCUT2D eigenvalue weighted by molar-refractivity contribution is 0.461. The predicted octanol–water partition coefficient (Wildman–Crippen LogP) is 2.75. The summed E-state index contributed by atoms with van der Waals surface area (Å²) in [6, 6.07) is 4.75. The van der Waals surface area contributed by atoms with E-state index in [9.17, 15) is 0 Å². The van der Waals surface area contributed by atoms with Crippen LogP contribution in [0, 0.1) is 20.8 Å². The van der Waals surface area contributed by atoms with Crippen molar-refractivity contribution in [2.24, 2.45) is 5.73 Å². The molecule has 2 aromatic rings. The Morgan fingerprint density at radius 2 is 1.89 bits per heavy atom. The van der Waals surface area contributed by atoms with Crippen molar-refractivity contribution >= 4 is 0 Å². The van der Waals surface area contributed by atoms with Crippen LogP contribution in [0.2, 0.25) is 0 Å². The van der Waals surface area contributed by atoms with Crippen molar-refractivity contribution in [3.05, 3.63) is 40.8 Å². The SMILES string of the molecule is Cc1cc(C)c(-c2ncn3c2CCC(N)C3)c(C)c1. The molecule has 0 saturated carbocycles. The molecule has 3 nitrogen and oxygen atoms in total. The van der Waals surface area contributed by atoms with Gasteiger partial charge in [-0.2, -0.15) is 0 Å². The van der Waals surface area contributed by atoms with Crippen molar-refractivity contribution in [2.45, 2.75) is 46.2 Å². The second-order valence-corrected chi connectivity index (χ2v) is 5.76. The molecule has 3 heteroatoms. The van der Waals surface area contributed by atoms with E-state index < -0.39 is 0 Å². The van der Waals surface area contributed by atoms with Crippen molar-refractivity contribution in [2.75, 3.05) is 0 Å². The van der Waals surface area contributed by atoms with Gasteiger partial charge in [0.15, 0.2) is 0 Å². The molecule has 0 aliphatic carbocycles. The first-order valence-electron chi connectivity index (χ1n) is 6.94. The van der Waals surface area contributed by atoms with Crippen LogP contribution < -0.4 is 5.73 Å². The highest BCUT2D eigenvalue weighted by molar-refractivity contribution is 5.70. The summed E-state index contributed by atoms with van der Waals surface area (Å²) in [5.74, 6) is 0. The summed E-state index contributed by atoms with van der Waals surface area (Å²) < 4.78 is 2.22. The molecule has 2 N–H and O–H groups in total. The summed E-state index contributed by atoms with van der Waals surface area (Å²) in [4.78, 5) is 4.66. The number of nitrogens with zero attached hydrogens (tertiary/aromatic N) is 2. The second-order valence-electron chi connectivity index (χ2n) is 5.76. The first-order valence-corrected chi connectivity index (χ1v) is 6.94. The van der Waals surface area contributed by atoms with Crippen LogP contribution in [0.3, 0.4) is 0 Å². The molecule has 19 heavy (non-hydrogen) atoms. The van der Waals surface area contributed by atoms with Gasteiger partial charge in [0, 0.05) is 23.8 Å². The smallest absolute Gasteiger partial charge is 0.0956 e. The van der Waals surface area contributed by atoms with E-state index in [-0.39, 0.29) is 6.04 Å². The zero-order valence-corrected chi connectivity index (χ0v) is 11.9. The van der Waals surface area contributed by atoms with E-state index in [1.165, 1.54) is 27.9 Å². The molecule has 1 unspecified atom stereocenters. The van der Waals surface area contributed by atoms with Crippen LogP contribution >= 0.6 is 0 Å². The monoisotopic (exact) mass is 255 g/mol. The van der Waals surface area contributed by atoms with Gasteiger partial charge < -0.3 is 10.3 Å². The molecule has 1 aliphatic rings. The van der Waals surface area contributed by atoms with Gasteiger partial charge in [0.25, 0.3) is 0 Å². The Bertz CT molecular complexity index is 602. The summed E-state index contributed by atoms with van der Waals surface area (Å²) in [5.41, 5.74) is 13.8. The van der Waals surface area contributed by atoms with Gasteiger partial charge in [-0.3, -0.25) is 0 Å². The van der Waals surface area contributed by atoms with Crippen LogP contribution in [0.25, 0.3) is 11.3 Å². The first kappa shape index (κ1) is 12.4. The van der Waals surface area contributed by atoms with Gasteiger partial charge in [0.05, 0.1) is 12.0 Å². The summed E-state index contributed by atoms with van der Waals surface area (Å²) in [5, 5.41) is 0. The molecule has 3 rings (SSSR count). The molecule has 1 aliphatic heterocycles. The molecule has 0 fully saturated rings. The van der Waals surface area contributed by atoms with Gasteiger partial charge in [-0.15, -0.1) is 0 Å². The van der Waals surface area contributed by atoms with Crippen molar-refractivity contribution in [1.82, 2.24) is 9.55 Å². The number of aromatic nitrogens is 2. The number of fused-ring (bicyclic) bond motifs is 1. The number of nitrogens with two attached hydrogens (primary N) is 1. The molecule has 0 spiro atoms. The maximum atomic E-state index is 6.03. The summed E-state index contributed by atoms with van der Waals surface area (Å²) in [7, 11) is 0. The van der Waals surface area contributed by atoms with E-state index in [2.05, 4.69) is 42.5 Å². The predicted molar refractivity (Wildman–Crippen MR) is 78.2 cm³/mol. The summed E-state index contributed by atoms with van der Waals surface area (Å²) in [6.45, 7) is 7.39. The van der Waals surface area contributed by atoms with E-state index in [0.29, 0.717) is 0 Å². The van der Waals surface area contributed by atoms with E-state index in [1.807, 2.05) is 6.33 Å². The van der Waals surface area contributed by atoms with Gasteiger partial charge in [-0.1, -0.05) is 17.7 Å². The Morgan fingerprint density at radius 3 is 2.58 bits per heavy atom. The van der Waals surface area contributed by atoms with Crippen LogP contribution in [-0.2, 0) is 13.0 Å². The fourth-order valence-electron chi connectivity index (χ4n) is 3.26. The van der Waals surface area contributed by atoms with Crippen LogP contribution in [0.4, 0.5) is 0 Å². The normalized spacial score (nSPS) is 18.4. The Hall–Kier alpha value is -1.61. The minimum Gasteiger partial charge on any atom is -0.332 e. The Balaban J connectivity index is 2.14. The molecule has 2 heterocycles. The largest absolute Gasteiger partial charge is 0.332 e. The molecule has 100 valence electrons. The van der Waals surface area contributed by atoms with E-state index >= 15 is 0 Å². The van der Waals surface area contributed by atoms with E-state index in [1.54, 1.807) is 0 Å². The number of benzene rings is 1. The fraction of sp³-hybridized carbons (Fsp3) is 0.438. The highest BCUT2D eigenvalue weighted by Gasteiger charge is 2.21. The second kappa shape index (κ2) is 4.49. The topological polar surface area (TPSA) is 43.8 Å². The minimum atomic E-state index is 0.273. The van der Waals surface area contributed by atoms with Crippen molar-refractivity contribution in [3.63, 3.8) is 0 Å². The lowest BCUT2D eigenvalue weighted by Gasteiger charge is -2.22. The maximum Gasteiger partial charge on any atom is 0.0956 e. The van der Waals surface area contributed by atoms with Gasteiger partial charge in [-0.05, 0) is 44.7 Å². The Labute approximate surface area is 114 Å². The van der Waals surface area contributed by atoms with Gasteiger partial charge in [-0.25, -0.2) is 4.98 Å². The maximum absolute atomic E-state index is 6.03. The number of rotatable bonds is 1. The van der Waals surface area contributed by atoms with Gasteiger partial charge in [0.1, 0.15) is 0 Å². The highest BCUT2D eigenvalue weighted by atomic mass is 15.1. The average Bonchev–Trinajstić information content (AvgIpc) is 2.71. The van der Waals surface area contributed by atoms with Crippen molar-refractivity contribution < 1.29 is 0 Å². The standard InChI is InChI=1S/C16H21N3/c1-10-6-11(2)15(12(3)7-10)16-14-5-4-13(17)8-19(14)9-18-16/h6-7,9,13H,4-5,8,17H2,1-3H3. The summed E-state index contributed by atoms with van der Waals surface area (Å²) >= 11 is 0. The Kier molecular flexibility index (Phi) is 2.94. The van der Waals surface area contributed by atoms with Crippen LogP contribution in [0.15, 0.2) is 18.5 Å². The van der Waals surface area contributed by atoms with Gasteiger partial charge in [0.2, 0.25) is 0 Å². The minimum absolute atomic E-state index is 0.273. The third-order valence-electron chi connectivity index (χ3n) is 4.04. The molecule has 0 radical (unpaired) electrons. The van der Waals surface area contributed by atoms with Crippen molar-refractivity contribution in [1.29, 1.82) is 0 Å². The van der Waals surface area contributed by atoms with Crippen molar-refractivity contribution in [3.8, 4) is 11.3 Å². The molecule has 1 aromatic carbocycles. The highest BCUT2D eigenvalue weighted by Crippen LogP contribution is 2.32. The zero-order valence-electron chi connectivity index (χ0n) is 11.9. The number of hydrogen-bond donors (Lipinski definition) is 1. The van der Waals surface area contributed by atoms with Crippen LogP contribution in [0.5, 0.6) is 0 Å². The molecule has 0 bridgehead atoms. The molecule has 0 saturated heterocycles. The lowest BCUT2D eigenvalue weighted by atomic mass is 9.94. The Morgan fingerprint density at radius 1 is 1.21 bits per heavy atom. The zero-order chi connectivity index (χ0) is 13.6. The molecule has 0 amide bonds. The van der Waals surface area contributed by atoms with Crippen LogP contribution in [0.1, 0.15) is 28.8 Å².